The zero-order valence-electron chi connectivity index (χ0n) is 16.9. The van der Waals surface area contributed by atoms with E-state index >= 15 is 0 Å². The van der Waals surface area contributed by atoms with E-state index in [0.29, 0.717) is 11.3 Å². The van der Waals surface area contributed by atoms with Gasteiger partial charge in [0.1, 0.15) is 28.0 Å². The Labute approximate surface area is 178 Å². The number of guanidine groups is 1. The lowest BCUT2D eigenvalue weighted by Crippen LogP contribution is -2.57. The number of sulfonamides is 1. The third kappa shape index (κ3) is 3.43. The largest absolute Gasteiger partial charge is 0.495 e. The quantitative estimate of drug-likeness (QED) is 0.672. The molecule has 2 N–H and O–H groups in total. The summed E-state index contributed by atoms with van der Waals surface area (Å²) < 4.78 is 52.0. The van der Waals surface area contributed by atoms with Crippen LogP contribution in [0.2, 0.25) is 0 Å². The fourth-order valence-electron chi connectivity index (χ4n) is 3.85. The van der Waals surface area contributed by atoms with Crippen molar-refractivity contribution >= 4 is 21.8 Å². The first-order chi connectivity index (χ1) is 14.7. The van der Waals surface area contributed by atoms with E-state index in [9.17, 15) is 17.6 Å². The maximum absolute atomic E-state index is 14.9. The summed E-state index contributed by atoms with van der Waals surface area (Å²) in [6.45, 7) is -0.276. The van der Waals surface area contributed by atoms with E-state index < -0.39 is 26.6 Å². The van der Waals surface area contributed by atoms with Gasteiger partial charge in [-0.2, -0.15) is 0 Å². The van der Waals surface area contributed by atoms with Crippen molar-refractivity contribution in [3.05, 3.63) is 59.2 Å². The molecule has 2 atom stereocenters. The summed E-state index contributed by atoms with van der Waals surface area (Å²) >= 11 is 0. The van der Waals surface area contributed by atoms with Crippen LogP contribution in [-0.4, -0.2) is 62.1 Å². The average molecular weight is 448 g/mol. The maximum Gasteiger partial charge on any atom is 0.245 e. The fourth-order valence-corrected chi connectivity index (χ4v) is 5.54. The Balaban J connectivity index is 1.72. The van der Waals surface area contributed by atoms with Gasteiger partial charge in [0.2, 0.25) is 16.0 Å². The highest BCUT2D eigenvalue weighted by molar-refractivity contribution is 7.90. The molecular formula is C20H21FN4O5S. The first kappa shape index (κ1) is 21.2. The molecule has 31 heavy (non-hydrogen) atoms. The first-order valence-corrected chi connectivity index (χ1v) is 10.9. The smallest absolute Gasteiger partial charge is 0.245 e. The molecule has 4 rings (SSSR count). The summed E-state index contributed by atoms with van der Waals surface area (Å²) in [4.78, 5) is 21.1. The standard InChI is InChI=1S/C20H21FN4O5S/c1-25-19(22)24-20(11-30-10-18(20)31(25,27)28)14-7-12(3-5-15(14)21)8-17(26)16-6-4-13(29-2)9-23-16/h3-7,9,18H,8,10-11H2,1-2H3,(H2,22,24)/t18-,20-/m0/s1. The second-order valence-corrected chi connectivity index (χ2v) is 9.55. The number of rotatable bonds is 5. The predicted molar refractivity (Wildman–Crippen MR) is 110 cm³/mol. The molecule has 0 amide bonds. The highest BCUT2D eigenvalue weighted by Crippen LogP contribution is 2.43. The number of ketones is 1. The lowest BCUT2D eigenvalue weighted by Gasteiger charge is -2.38. The van der Waals surface area contributed by atoms with Crippen LogP contribution >= 0.6 is 0 Å². The summed E-state index contributed by atoms with van der Waals surface area (Å²) in [5.74, 6) is -0.655. The molecule has 0 bridgehead atoms. The highest BCUT2D eigenvalue weighted by atomic mass is 32.2. The molecule has 0 aliphatic carbocycles. The second kappa shape index (κ2) is 7.57. The Morgan fingerprint density at radius 2 is 2.16 bits per heavy atom. The second-order valence-electron chi connectivity index (χ2n) is 7.41. The Hall–Kier alpha value is -3.05. The monoisotopic (exact) mass is 448 g/mol. The number of hydrogen-bond acceptors (Lipinski definition) is 8. The van der Waals surface area contributed by atoms with Gasteiger partial charge in [-0.25, -0.2) is 27.1 Å². The van der Waals surface area contributed by atoms with Gasteiger partial charge in [0.15, 0.2) is 5.78 Å². The summed E-state index contributed by atoms with van der Waals surface area (Å²) in [7, 11) is -1.11. The van der Waals surface area contributed by atoms with Gasteiger partial charge in [-0.15, -0.1) is 0 Å². The summed E-state index contributed by atoms with van der Waals surface area (Å²) in [5.41, 5.74) is 5.08. The number of aliphatic imine (C=N–C) groups is 1. The maximum atomic E-state index is 14.9. The molecule has 2 aromatic rings. The van der Waals surface area contributed by atoms with E-state index in [1.54, 1.807) is 12.1 Å². The Morgan fingerprint density at radius 1 is 1.39 bits per heavy atom. The summed E-state index contributed by atoms with van der Waals surface area (Å²) in [6, 6.07) is 7.28. The molecule has 11 heteroatoms. The molecular weight excluding hydrogens is 427 g/mol. The fraction of sp³-hybridized carbons (Fsp3) is 0.350. The molecule has 2 aliphatic rings. The third-order valence-corrected chi connectivity index (χ3v) is 7.82. The van der Waals surface area contributed by atoms with Crippen LogP contribution in [0, 0.1) is 5.82 Å². The first-order valence-electron chi connectivity index (χ1n) is 9.42. The van der Waals surface area contributed by atoms with Crippen LogP contribution in [0.1, 0.15) is 21.6 Å². The summed E-state index contributed by atoms with van der Waals surface area (Å²) in [5, 5.41) is -1.12. The van der Waals surface area contributed by atoms with E-state index in [0.717, 1.165) is 4.31 Å². The number of carbonyl (C=O) groups excluding carboxylic acids is 1. The topological polar surface area (TPSA) is 124 Å². The SMILES string of the molecule is COc1ccc(C(=O)Cc2ccc(F)c([C@@]34COC[C@@H]3S(=O)(=O)N(C)C(N)=N4)c2)nc1. The van der Waals surface area contributed by atoms with E-state index in [2.05, 4.69) is 9.98 Å². The lowest BCUT2D eigenvalue weighted by atomic mass is 9.87. The molecule has 9 nitrogen and oxygen atoms in total. The molecule has 0 spiro atoms. The lowest BCUT2D eigenvalue weighted by molar-refractivity contribution is 0.0988. The van der Waals surface area contributed by atoms with Crippen molar-refractivity contribution < 1.29 is 27.1 Å². The van der Waals surface area contributed by atoms with Crippen molar-refractivity contribution in [2.75, 3.05) is 27.4 Å². The van der Waals surface area contributed by atoms with Gasteiger partial charge in [0.25, 0.3) is 0 Å². The number of methoxy groups -OCH3 is 1. The number of aromatic nitrogens is 1. The molecule has 1 saturated heterocycles. The number of fused-ring (bicyclic) bond motifs is 1. The van der Waals surface area contributed by atoms with Crippen LogP contribution in [0.3, 0.4) is 0 Å². The minimum Gasteiger partial charge on any atom is -0.495 e. The van der Waals surface area contributed by atoms with Crippen molar-refractivity contribution in [3.63, 3.8) is 0 Å². The molecule has 0 unspecified atom stereocenters. The molecule has 164 valence electrons. The van der Waals surface area contributed by atoms with Crippen molar-refractivity contribution in [2.24, 2.45) is 10.7 Å². The predicted octanol–water partition coefficient (Wildman–Crippen LogP) is 0.839. The van der Waals surface area contributed by atoms with Gasteiger partial charge in [-0.05, 0) is 29.8 Å². The molecule has 1 aromatic carbocycles. The average Bonchev–Trinajstić information content (AvgIpc) is 3.19. The number of carbonyl (C=O) groups is 1. The number of Topliss-reactive ketones (excluding diaryl/α,β-unsaturated/α-hetero) is 1. The van der Waals surface area contributed by atoms with Crippen LogP contribution < -0.4 is 10.5 Å². The van der Waals surface area contributed by atoms with Gasteiger partial charge in [-0.3, -0.25) is 4.79 Å². The van der Waals surface area contributed by atoms with Gasteiger partial charge < -0.3 is 15.2 Å². The van der Waals surface area contributed by atoms with E-state index in [1.165, 1.54) is 38.6 Å². The summed E-state index contributed by atoms with van der Waals surface area (Å²) in [6.07, 6.45) is 1.38. The number of nitrogens with two attached hydrogens (primary N) is 1. The number of nitrogens with zero attached hydrogens (tertiary/aromatic N) is 3. The van der Waals surface area contributed by atoms with Gasteiger partial charge in [-0.1, -0.05) is 6.07 Å². The van der Waals surface area contributed by atoms with Crippen LogP contribution in [0.25, 0.3) is 0 Å². The van der Waals surface area contributed by atoms with E-state index in [4.69, 9.17) is 15.2 Å². The van der Waals surface area contributed by atoms with Gasteiger partial charge in [0.05, 0.1) is 26.5 Å². The Morgan fingerprint density at radius 3 is 2.84 bits per heavy atom. The minimum absolute atomic E-state index is 0.0302. The van der Waals surface area contributed by atoms with Crippen molar-refractivity contribution in [1.29, 1.82) is 0 Å². The van der Waals surface area contributed by atoms with E-state index in [-0.39, 0.29) is 42.6 Å². The Bertz CT molecular complexity index is 1170. The number of hydrogen-bond donors (Lipinski definition) is 1. The zero-order chi connectivity index (χ0) is 22.4. The molecule has 2 aliphatic heterocycles. The normalized spacial score (nSPS) is 24.4. The van der Waals surface area contributed by atoms with Gasteiger partial charge >= 0.3 is 0 Å². The zero-order valence-corrected chi connectivity index (χ0v) is 17.7. The van der Waals surface area contributed by atoms with Crippen molar-refractivity contribution in [1.82, 2.24) is 9.29 Å². The molecule has 0 saturated carbocycles. The molecule has 1 fully saturated rings. The van der Waals surface area contributed by atoms with Crippen LogP contribution in [0.5, 0.6) is 5.75 Å². The minimum atomic E-state index is -3.90. The highest BCUT2D eigenvalue weighted by Gasteiger charge is 2.58. The molecule has 3 heterocycles. The van der Waals surface area contributed by atoms with Gasteiger partial charge in [0, 0.05) is 19.0 Å². The number of benzene rings is 1. The van der Waals surface area contributed by atoms with Crippen molar-refractivity contribution in [3.8, 4) is 5.75 Å². The van der Waals surface area contributed by atoms with Crippen LogP contribution in [0.4, 0.5) is 4.39 Å². The van der Waals surface area contributed by atoms with Crippen LogP contribution in [-0.2, 0) is 26.7 Å². The molecule has 1 aromatic heterocycles. The third-order valence-electron chi connectivity index (χ3n) is 5.62. The Kier molecular flexibility index (Phi) is 5.18. The molecule has 0 radical (unpaired) electrons. The van der Waals surface area contributed by atoms with E-state index in [1.807, 2.05) is 0 Å². The van der Waals surface area contributed by atoms with Crippen molar-refractivity contribution in [2.45, 2.75) is 17.2 Å². The number of halogens is 1. The number of ether oxygens (including phenoxy) is 2. The van der Waals surface area contributed by atoms with Crippen LogP contribution in [0.15, 0.2) is 41.5 Å². The number of pyridine rings is 1.